The fourth-order valence-corrected chi connectivity index (χ4v) is 2.10. The van der Waals surface area contributed by atoms with Crippen LogP contribution in [-0.4, -0.2) is 23.0 Å². The number of Topliss-reactive ketones (excluding diaryl/α,β-unsaturated/α-hetero) is 1. The van der Waals surface area contributed by atoms with Gasteiger partial charge in [0.25, 0.3) is 0 Å². The lowest BCUT2D eigenvalue weighted by molar-refractivity contribution is -0.147. The highest BCUT2D eigenvalue weighted by Crippen LogP contribution is 2.27. The summed E-state index contributed by atoms with van der Waals surface area (Å²) in [7, 11) is 0. The molecular formula is C13H18N2O2. The number of nitrogen functional groups attached to an aromatic ring is 1. The highest BCUT2D eigenvalue weighted by Gasteiger charge is 2.35. The first-order chi connectivity index (χ1) is 8.12. The van der Waals surface area contributed by atoms with Crippen LogP contribution in [0.3, 0.4) is 0 Å². The van der Waals surface area contributed by atoms with Crippen LogP contribution in [0.25, 0.3) is 0 Å². The van der Waals surface area contributed by atoms with Crippen molar-refractivity contribution < 1.29 is 9.53 Å². The molecule has 2 N–H and O–H groups in total. The van der Waals surface area contributed by atoms with Crippen molar-refractivity contribution in [3.05, 3.63) is 24.0 Å². The summed E-state index contributed by atoms with van der Waals surface area (Å²) in [6.07, 6.45) is 6.46. The van der Waals surface area contributed by atoms with Crippen molar-refractivity contribution in [3.8, 4) is 0 Å². The van der Waals surface area contributed by atoms with E-state index in [1.807, 2.05) is 6.92 Å². The molecular weight excluding hydrogens is 216 g/mol. The van der Waals surface area contributed by atoms with E-state index in [0.717, 1.165) is 24.8 Å². The summed E-state index contributed by atoms with van der Waals surface area (Å²) in [6.45, 7) is 2.55. The molecule has 1 unspecified atom stereocenters. The van der Waals surface area contributed by atoms with E-state index in [1.165, 1.54) is 0 Å². The van der Waals surface area contributed by atoms with Crippen LogP contribution in [0.5, 0.6) is 0 Å². The number of nitrogens with two attached hydrogens (primary N) is 1. The number of carbonyl (C=O) groups excluding carboxylic acids is 1. The topological polar surface area (TPSA) is 65.2 Å². The van der Waals surface area contributed by atoms with Gasteiger partial charge in [0.1, 0.15) is 5.60 Å². The minimum atomic E-state index is -0.638. The highest BCUT2D eigenvalue weighted by atomic mass is 16.5. The zero-order valence-corrected chi connectivity index (χ0v) is 10.1. The fraction of sp³-hybridized carbons (Fsp3) is 0.538. The Morgan fingerprint density at radius 3 is 3.06 bits per heavy atom. The number of hydrogen-bond acceptors (Lipinski definition) is 4. The molecule has 0 aromatic carbocycles. The third-order valence-corrected chi connectivity index (χ3v) is 3.35. The lowest BCUT2D eigenvalue weighted by Gasteiger charge is -2.32. The molecule has 1 aliphatic heterocycles. The second kappa shape index (κ2) is 4.84. The Bertz CT molecular complexity index is 412. The lowest BCUT2D eigenvalue weighted by atomic mass is 9.88. The van der Waals surface area contributed by atoms with Crippen LogP contribution in [0, 0.1) is 0 Å². The molecule has 1 aromatic rings. The zero-order chi connectivity index (χ0) is 12.3. The van der Waals surface area contributed by atoms with Crippen LogP contribution >= 0.6 is 0 Å². The van der Waals surface area contributed by atoms with E-state index < -0.39 is 5.60 Å². The maximum absolute atomic E-state index is 12.2. The van der Waals surface area contributed by atoms with Crippen molar-refractivity contribution >= 4 is 11.5 Å². The number of aromatic nitrogens is 1. The summed E-state index contributed by atoms with van der Waals surface area (Å²) in [5.74, 6) is 0.0944. The van der Waals surface area contributed by atoms with Gasteiger partial charge in [0.15, 0.2) is 5.78 Å². The molecule has 2 rings (SSSR count). The summed E-state index contributed by atoms with van der Waals surface area (Å²) in [5, 5.41) is 0. The molecule has 4 heteroatoms. The molecule has 1 aliphatic rings. The fourth-order valence-electron chi connectivity index (χ4n) is 2.10. The largest absolute Gasteiger partial charge is 0.398 e. The molecule has 0 aliphatic carbocycles. The second-order valence-corrected chi connectivity index (χ2v) is 4.71. The molecule has 0 bridgehead atoms. The summed E-state index contributed by atoms with van der Waals surface area (Å²) >= 11 is 0. The van der Waals surface area contributed by atoms with Crippen molar-refractivity contribution in [1.82, 2.24) is 4.98 Å². The smallest absolute Gasteiger partial charge is 0.168 e. The average Bonchev–Trinajstić information content (AvgIpc) is 2.33. The molecule has 92 valence electrons. The number of rotatable bonds is 3. The van der Waals surface area contributed by atoms with E-state index in [9.17, 15) is 4.79 Å². The number of pyridine rings is 1. The SMILES string of the molecule is CC1(C(=O)Cc2cnccc2N)CCCCO1. The summed E-state index contributed by atoms with van der Waals surface area (Å²) in [5.41, 5.74) is 6.57. The Labute approximate surface area is 101 Å². The van der Waals surface area contributed by atoms with E-state index >= 15 is 0 Å². The van der Waals surface area contributed by atoms with Gasteiger partial charge in [-0.05, 0) is 32.3 Å². The molecule has 2 heterocycles. The van der Waals surface area contributed by atoms with Crippen LogP contribution in [0.1, 0.15) is 31.7 Å². The first-order valence-electron chi connectivity index (χ1n) is 5.97. The first-order valence-corrected chi connectivity index (χ1v) is 5.97. The van der Waals surface area contributed by atoms with Crippen molar-refractivity contribution in [2.75, 3.05) is 12.3 Å². The van der Waals surface area contributed by atoms with Gasteiger partial charge in [-0.15, -0.1) is 0 Å². The molecule has 4 nitrogen and oxygen atoms in total. The van der Waals surface area contributed by atoms with Crippen molar-refractivity contribution in [3.63, 3.8) is 0 Å². The molecule has 0 amide bonds. The number of ketones is 1. The van der Waals surface area contributed by atoms with Gasteiger partial charge in [0.05, 0.1) is 0 Å². The van der Waals surface area contributed by atoms with Gasteiger partial charge >= 0.3 is 0 Å². The quantitative estimate of drug-likeness (QED) is 0.865. The molecule has 1 fully saturated rings. The highest BCUT2D eigenvalue weighted by molar-refractivity contribution is 5.89. The molecule has 1 saturated heterocycles. The summed E-state index contributed by atoms with van der Waals surface area (Å²) < 4.78 is 5.63. The number of ether oxygens (including phenoxy) is 1. The molecule has 0 saturated carbocycles. The normalized spacial score (nSPS) is 24.5. The number of hydrogen-bond donors (Lipinski definition) is 1. The van der Waals surface area contributed by atoms with Crippen LogP contribution in [0.4, 0.5) is 5.69 Å². The molecule has 17 heavy (non-hydrogen) atoms. The van der Waals surface area contributed by atoms with E-state index in [2.05, 4.69) is 4.98 Å². The first kappa shape index (κ1) is 12.0. The van der Waals surface area contributed by atoms with Crippen LogP contribution in [0.2, 0.25) is 0 Å². The van der Waals surface area contributed by atoms with Gasteiger partial charge in [0.2, 0.25) is 0 Å². The lowest BCUT2D eigenvalue weighted by Crippen LogP contribution is -2.42. The van der Waals surface area contributed by atoms with Gasteiger partial charge in [-0.2, -0.15) is 0 Å². The predicted molar refractivity (Wildman–Crippen MR) is 65.6 cm³/mol. The average molecular weight is 234 g/mol. The van der Waals surface area contributed by atoms with Gasteiger partial charge in [-0.25, -0.2) is 0 Å². The number of nitrogens with zero attached hydrogens (tertiary/aromatic N) is 1. The predicted octanol–water partition coefficient (Wildman–Crippen LogP) is 1.73. The Morgan fingerprint density at radius 2 is 2.41 bits per heavy atom. The molecule has 1 aromatic heterocycles. The second-order valence-electron chi connectivity index (χ2n) is 4.71. The maximum atomic E-state index is 12.2. The standard InChI is InChI=1S/C13H18N2O2/c1-13(5-2-3-7-17-13)12(16)8-10-9-15-6-4-11(10)14/h4,6,9H,2-3,5,7-8H2,1H3,(H2,14,15). The van der Waals surface area contributed by atoms with Crippen molar-refractivity contribution in [2.24, 2.45) is 0 Å². The molecule has 0 spiro atoms. The maximum Gasteiger partial charge on any atom is 0.168 e. The van der Waals surface area contributed by atoms with Crippen LogP contribution in [-0.2, 0) is 16.0 Å². The van der Waals surface area contributed by atoms with Crippen LogP contribution in [0.15, 0.2) is 18.5 Å². The Kier molecular flexibility index (Phi) is 3.43. The minimum Gasteiger partial charge on any atom is -0.398 e. The Balaban J connectivity index is 2.08. The van der Waals surface area contributed by atoms with Gasteiger partial charge in [-0.3, -0.25) is 9.78 Å². The summed E-state index contributed by atoms with van der Waals surface area (Å²) in [4.78, 5) is 16.2. The van der Waals surface area contributed by atoms with Crippen molar-refractivity contribution in [1.29, 1.82) is 0 Å². The minimum absolute atomic E-state index is 0.0944. The third-order valence-electron chi connectivity index (χ3n) is 3.35. The molecule has 0 radical (unpaired) electrons. The van der Waals surface area contributed by atoms with E-state index in [0.29, 0.717) is 18.7 Å². The van der Waals surface area contributed by atoms with Crippen LogP contribution < -0.4 is 5.73 Å². The molecule has 1 atom stereocenters. The Morgan fingerprint density at radius 1 is 1.59 bits per heavy atom. The van der Waals surface area contributed by atoms with E-state index in [-0.39, 0.29) is 5.78 Å². The van der Waals surface area contributed by atoms with Crippen molar-refractivity contribution in [2.45, 2.75) is 38.2 Å². The van der Waals surface area contributed by atoms with Gasteiger partial charge in [-0.1, -0.05) is 0 Å². The monoisotopic (exact) mass is 234 g/mol. The number of anilines is 1. The van der Waals surface area contributed by atoms with Gasteiger partial charge in [0, 0.05) is 36.7 Å². The van der Waals surface area contributed by atoms with Gasteiger partial charge < -0.3 is 10.5 Å². The third kappa shape index (κ3) is 2.64. The Hall–Kier alpha value is -1.42. The van der Waals surface area contributed by atoms with E-state index in [4.69, 9.17) is 10.5 Å². The van der Waals surface area contributed by atoms with E-state index in [1.54, 1.807) is 18.5 Å². The number of carbonyl (C=O) groups is 1. The zero-order valence-electron chi connectivity index (χ0n) is 10.1. The summed E-state index contributed by atoms with van der Waals surface area (Å²) in [6, 6.07) is 1.71.